The lowest BCUT2D eigenvalue weighted by molar-refractivity contribution is 0.320. The third kappa shape index (κ3) is 5.90. The van der Waals surface area contributed by atoms with E-state index >= 15 is 0 Å². The van der Waals surface area contributed by atoms with Crippen molar-refractivity contribution in [2.75, 3.05) is 26.0 Å². The molecule has 0 radical (unpaired) electrons. The second-order valence-corrected chi connectivity index (χ2v) is 12.1. The SMILES string of the molecule is CCNC(=S)NCCS[C@]12CCCC[C@@H]1[C@@H](c1ccccc1)C=C(c1ccc(OC)cc1)S2. The quantitative estimate of drug-likeness (QED) is 0.312. The first-order valence-electron chi connectivity index (χ1n) is 11.9. The third-order valence-corrected chi connectivity index (χ3v) is 10.3. The number of thioether (sulfide) groups is 2. The summed E-state index contributed by atoms with van der Waals surface area (Å²) < 4.78 is 5.59. The van der Waals surface area contributed by atoms with Gasteiger partial charge < -0.3 is 15.4 Å². The van der Waals surface area contributed by atoms with E-state index in [9.17, 15) is 0 Å². The Morgan fingerprint density at radius 3 is 2.64 bits per heavy atom. The topological polar surface area (TPSA) is 33.3 Å². The molecule has 1 heterocycles. The van der Waals surface area contributed by atoms with Gasteiger partial charge >= 0.3 is 0 Å². The zero-order chi connectivity index (χ0) is 23.1. The minimum Gasteiger partial charge on any atom is -0.497 e. The molecule has 2 aromatic carbocycles. The number of methoxy groups -OCH3 is 1. The molecule has 0 aromatic heterocycles. The fraction of sp³-hybridized carbons (Fsp3) is 0.444. The van der Waals surface area contributed by atoms with Crippen LogP contribution in [0.15, 0.2) is 60.7 Å². The van der Waals surface area contributed by atoms with E-state index in [1.54, 1.807) is 7.11 Å². The lowest BCUT2D eigenvalue weighted by Gasteiger charge is -2.49. The van der Waals surface area contributed by atoms with Gasteiger partial charge in [-0.05, 0) is 61.2 Å². The average Bonchev–Trinajstić information content (AvgIpc) is 2.86. The van der Waals surface area contributed by atoms with Crippen molar-refractivity contribution in [1.29, 1.82) is 0 Å². The molecule has 0 spiro atoms. The van der Waals surface area contributed by atoms with Crippen LogP contribution in [-0.2, 0) is 0 Å². The molecule has 1 fully saturated rings. The first-order valence-corrected chi connectivity index (χ1v) is 14.1. The molecule has 33 heavy (non-hydrogen) atoms. The molecule has 0 unspecified atom stereocenters. The maximum Gasteiger partial charge on any atom is 0.166 e. The highest BCUT2D eigenvalue weighted by atomic mass is 32.2. The largest absolute Gasteiger partial charge is 0.497 e. The van der Waals surface area contributed by atoms with Crippen LogP contribution in [0.2, 0.25) is 0 Å². The molecule has 176 valence electrons. The molecule has 3 atom stereocenters. The van der Waals surface area contributed by atoms with Crippen molar-refractivity contribution in [2.45, 2.75) is 42.6 Å². The van der Waals surface area contributed by atoms with E-state index in [-0.39, 0.29) is 4.08 Å². The summed E-state index contributed by atoms with van der Waals surface area (Å²) in [6.45, 7) is 3.82. The standard InChI is InChI=1S/C27H34N2OS3/c1-3-28-26(31)29-17-18-32-27-16-8-7-11-24(27)23(20-9-5-4-6-10-20)19-25(33-27)21-12-14-22(30-2)15-13-21/h4-6,9-10,12-15,19,23-24H,3,7-8,11,16-18H2,1-2H3,(H2,28,29,31)/t23-,24-,27+/m1/s1. The molecule has 1 saturated carbocycles. The molecule has 2 aliphatic rings. The van der Waals surface area contributed by atoms with E-state index in [0.29, 0.717) is 11.8 Å². The number of nitrogens with one attached hydrogen (secondary N) is 2. The molecule has 3 nitrogen and oxygen atoms in total. The van der Waals surface area contributed by atoms with Gasteiger partial charge in [0, 0.05) is 29.7 Å². The summed E-state index contributed by atoms with van der Waals surface area (Å²) in [4.78, 5) is 1.40. The minimum absolute atomic E-state index is 0.185. The second kappa shape index (κ2) is 11.7. The van der Waals surface area contributed by atoms with Crippen molar-refractivity contribution in [3.8, 4) is 5.75 Å². The molecule has 1 aliphatic heterocycles. The number of fused-ring (bicyclic) bond motifs is 1. The molecular weight excluding hydrogens is 465 g/mol. The first kappa shape index (κ1) is 24.5. The number of ether oxygens (including phenoxy) is 1. The van der Waals surface area contributed by atoms with Crippen LogP contribution in [0.4, 0.5) is 0 Å². The van der Waals surface area contributed by atoms with Gasteiger partial charge in [-0.15, -0.1) is 23.5 Å². The van der Waals surface area contributed by atoms with Crippen molar-refractivity contribution in [3.63, 3.8) is 0 Å². The summed E-state index contributed by atoms with van der Waals surface area (Å²) in [5, 5.41) is 7.32. The summed E-state index contributed by atoms with van der Waals surface area (Å²) in [6, 6.07) is 19.7. The van der Waals surface area contributed by atoms with Crippen LogP contribution in [-0.4, -0.2) is 35.1 Å². The summed E-state index contributed by atoms with van der Waals surface area (Å²) in [5.41, 5.74) is 2.73. The van der Waals surface area contributed by atoms with Crippen LogP contribution in [0.3, 0.4) is 0 Å². The Kier molecular flexibility index (Phi) is 8.67. The zero-order valence-corrected chi connectivity index (χ0v) is 22.0. The van der Waals surface area contributed by atoms with Gasteiger partial charge in [0.05, 0.1) is 11.2 Å². The van der Waals surface area contributed by atoms with Crippen LogP contribution in [0.5, 0.6) is 5.75 Å². The van der Waals surface area contributed by atoms with Crippen LogP contribution in [0, 0.1) is 5.92 Å². The van der Waals surface area contributed by atoms with E-state index in [0.717, 1.165) is 29.7 Å². The van der Waals surface area contributed by atoms with Crippen molar-refractivity contribution in [3.05, 3.63) is 71.8 Å². The number of hydrogen-bond donors (Lipinski definition) is 2. The molecule has 2 N–H and O–H groups in total. The minimum atomic E-state index is 0.185. The third-order valence-electron chi connectivity index (χ3n) is 6.53. The predicted molar refractivity (Wildman–Crippen MR) is 149 cm³/mol. The number of rotatable bonds is 8. The lowest BCUT2D eigenvalue weighted by Crippen LogP contribution is -2.41. The summed E-state index contributed by atoms with van der Waals surface area (Å²) >= 11 is 9.61. The lowest BCUT2D eigenvalue weighted by atomic mass is 9.75. The van der Waals surface area contributed by atoms with Gasteiger partial charge in [0.2, 0.25) is 0 Å². The maximum atomic E-state index is 5.40. The number of thiocarbonyl (C=S) groups is 1. The molecule has 0 bridgehead atoms. The highest BCUT2D eigenvalue weighted by Crippen LogP contribution is 2.63. The number of benzene rings is 2. The highest BCUT2D eigenvalue weighted by molar-refractivity contribution is 8.22. The highest BCUT2D eigenvalue weighted by Gasteiger charge is 2.48. The van der Waals surface area contributed by atoms with Crippen LogP contribution in [0.1, 0.15) is 49.7 Å². The first-order chi connectivity index (χ1) is 16.1. The number of allylic oxidation sites excluding steroid dienone is 1. The molecule has 2 aromatic rings. The van der Waals surface area contributed by atoms with Gasteiger partial charge in [0.15, 0.2) is 5.11 Å². The van der Waals surface area contributed by atoms with Gasteiger partial charge in [-0.2, -0.15) is 0 Å². The van der Waals surface area contributed by atoms with Gasteiger partial charge in [0.1, 0.15) is 5.75 Å². The Balaban J connectivity index is 1.62. The predicted octanol–water partition coefficient (Wildman–Crippen LogP) is 6.67. The van der Waals surface area contributed by atoms with Crippen molar-refractivity contribution >= 4 is 45.8 Å². The van der Waals surface area contributed by atoms with Crippen molar-refractivity contribution < 1.29 is 4.74 Å². The van der Waals surface area contributed by atoms with E-state index in [4.69, 9.17) is 17.0 Å². The fourth-order valence-electron chi connectivity index (χ4n) is 4.95. The fourth-order valence-corrected chi connectivity index (χ4v) is 8.78. The summed E-state index contributed by atoms with van der Waals surface area (Å²) in [5.74, 6) is 3.02. The monoisotopic (exact) mass is 498 g/mol. The van der Waals surface area contributed by atoms with Gasteiger partial charge in [-0.1, -0.05) is 61.4 Å². The smallest absolute Gasteiger partial charge is 0.166 e. The van der Waals surface area contributed by atoms with E-state index in [1.807, 2.05) is 0 Å². The Labute approximate surface area is 212 Å². The normalized spacial score (nSPS) is 24.4. The molecule has 4 rings (SSSR count). The molecule has 1 aliphatic carbocycles. The molecule has 0 saturated heterocycles. The zero-order valence-electron chi connectivity index (χ0n) is 19.5. The van der Waals surface area contributed by atoms with Gasteiger partial charge in [-0.3, -0.25) is 0 Å². The van der Waals surface area contributed by atoms with Crippen molar-refractivity contribution in [1.82, 2.24) is 10.6 Å². The van der Waals surface area contributed by atoms with Gasteiger partial charge in [0.25, 0.3) is 0 Å². The van der Waals surface area contributed by atoms with Crippen LogP contribution >= 0.6 is 35.7 Å². The Bertz CT molecular complexity index is 948. The van der Waals surface area contributed by atoms with Crippen molar-refractivity contribution in [2.24, 2.45) is 5.92 Å². The average molecular weight is 499 g/mol. The Morgan fingerprint density at radius 2 is 1.91 bits per heavy atom. The van der Waals surface area contributed by atoms with E-state index < -0.39 is 0 Å². The number of hydrogen-bond acceptors (Lipinski definition) is 4. The Morgan fingerprint density at radius 1 is 1.12 bits per heavy atom. The second-order valence-electron chi connectivity index (χ2n) is 8.60. The maximum absolute atomic E-state index is 5.40. The summed E-state index contributed by atoms with van der Waals surface area (Å²) in [7, 11) is 1.73. The van der Waals surface area contributed by atoms with Crippen LogP contribution < -0.4 is 15.4 Å². The Hall–Kier alpha value is -1.63. The summed E-state index contributed by atoms with van der Waals surface area (Å²) in [6.07, 6.45) is 7.70. The van der Waals surface area contributed by atoms with E-state index in [2.05, 4.69) is 102 Å². The molecular formula is C27H34N2OS3. The molecule has 6 heteroatoms. The molecule has 0 amide bonds. The van der Waals surface area contributed by atoms with Crippen LogP contribution in [0.25, 0.3) is 4.91 Å². The van der Waals surface area contributed by atoms with E-state index in [1.165, 1.54) is 41.7 Å². The van der Waals surface area contributed by atoms with Gasteiger partial charge in [-0.25, -0.2) is 0 Å².